The first-order valence-corrected chi connectivity index (χ1v) is 10.1. The monoisotopic (exact) mass is 420 g/mol. The highest BCUT2D eigenvalue weighted by molar-refractivity contribution is 6.33. The fourth-order valence-electron chi connectivity index (χ4n) is 3.34. The van der Waals surface area contributed by atoms with Gasteiger partial charge in [0.1, 0.15) is 0 Å². The van der Waals surface area contributed by atoms with E-state index in [1.54, 1.807) is 11.0 Å². The molecule has 2 aromatic heterocycles. The lowest BCUT2D eigenvalue weighted by atomic mass is 10.1. The maximum atomic E-state index is 13.5. The first-order chi connectivity index (χ1) is 14.4. The van der Waals surface area contributed by atoms with Crippen molar-refractivity contribution < 1.29 is 9.21 Å². The fraction of sp³-hybridized carbons (Fsp3) is 0.217. The third-order valence-electron chi connectivity index (χ3n) is 4.84. The lowest BCUT2D eigenvalue weighted by Gasteiger charge is -2.26. The van der Waals surface area contributed by atoms with E-state index < -0.39 is 0 Å². The molecule has 7 heteroatoms. The number of carbonyl (C=O) groups is 1. The van der Waals surface area contributed by atoms with Crippen LogP contribution in [0.2, 0.25) is 5.02 Å². The number of halogens is 1. The highest BCUT2D eigenvalue weighted by atomic mass is 35.5. The summed E-state index contributed by atoms with van der Waals surface area (Å²) in [5, 5.41) is 9.59. The molecule has 1 amide bonds. The predicted octanol–water partition coefficient (Wildman–Crippen LogP) is 5.30. The molecule has 2 heterocycles. The van der Waals surface area contributed by atoms with Crippen LogP contribution in [0.4, 0.5) is 0 Å². The molecular formula is C23H21ClN4O2. The Bertz CT molecular complexity index is 1220. The van der Waals surface area contributed by atoms with Gasteiger partial charge in [-0.15, -0.1) is 10.2 Å². The zero-order valence-electron chi connectivity index (χ0n) is 17.0. The van der Waals surface area contributed by atoms with Crippen LogP contribution in [0.15, 0.2) is 59.0 Å². The zero-order valence-corrected chi connectivity index (χ0v) is 17.7. The number of aryl methyl sites for hydroxylation is 1. The Balaban J connectivity index is 1.66. The quantitative estimate of drug-likeness (QED) is 0.438. The van der Waals surface area contributed by atoms with Crippen LogP contribution in [-0.2, 0) is 6.54 Å². The van der Waals surface area contributed by atoms with Crippen LogP contribution in [0.1, 0.15) is 35.8 Å². The summed E-state index contributed by atoms with van der Waals surface area (Å²) in [6.07, 6.45) is 0. The van der Waals surface area contributed by atoms with E-state index in [-0.39, 0.29) is 18.5 Å². The molecule has 0 saturated carbocycles. The minimum Gasteiger partial charge on any atom is -0.419 e. The second-order valence-corrected chi connectivity index (χ2v) is 7.74. The number of amides is 1. The van der Waals surface area contributed by atoms with Crippen molar-refractivity contribution in [2.75, 3.05) is 0 Å². The average Bonchev–Trinajstić information content (AvgIpc) is 3.19. The van der Waals surface area contributed by atoms with Crippen LogP contribution < -0.4 is 0 Å². The molecule has 0 radical (unpaired) electrons. The summed E-state index contributed by atoms with van der Waals surface area (Å²) in [7, 11) is 0. The topological polar surface area (TPSA) is 72.1 Å². The van der Waals surface area contributed by atoms with Gasteiger partial charge in [0.2, 0.25) is 11.8 Å². The number of hydrogen-bond acceptors (Lipinski definition) is 5. The molecule has 30 heavy (non-hydrogen) atoms. The largest absolute Gasteiger partial charge is 0.419 e. The van der Waals surface area contributed by atoms with E-state index in [4.69, 9.17) is 16.0 Å². The Kier molecular flexibility index (Phi) is 5.50. The van der Waals surface area contributed by atoms with Crippen molar-refractivity contribution in [1.29, 1.82) is 0 Å². The highest BCUT2D eigenvalue weighted by Gasteiger charge is 2.24. The van der Waals surface area contributed by atoms with Crippen molar-refractivity contribution in [2.45, 2.75) is 33.4 Å². The average molecular weight is 421 g/mol. The first-order valence-electron chi connectivity index (χ1n) is 9.68. The number of para-hydroxylation sites is 1. The van der Waals surface area contributed by atoms with Crippen LogP contribution in [0, 0.1) is 6.92 Å². The van der Waals surface area contributed by atoms with Crippen molar-refractivity contribution in [1.82, 2.24) is 20.1 Å². The summed E-state index contributed by atoms with van der Waals surface area (Å²) >= 11 is 6.23. The molecule has 4 aromatic rings. The summed E-state index contributed by atoms with van der Waals surface area (Å²) < 4.78 is 5.82. The number of pyridine rings is 1. The third kappa shape index (κ3) is 3.91. The number of fused-ring (bicyclic) bond motifs is 1. The van der Waals surface area contributed by atoms with Crippen LogP contribution in [0.5, 0.6) is 0 Å². The summed E-state index contributed by atoms with van der Waals surface area (Å²) in [6.45, 7) is 6.00. The fourth-order valence-corrected chi connectivity index (χ4v) is 3.55. The zero-order chi connectivity index (χ0) is 21.3. The van der Waals surface area contributed by atoms with Crippen LogP contribution in [0.3, 0.4) is 0 Å². The second-order valence-electron chi connectivity index (χ2n) is 7.34. The molecule has 0 atom stereocenters. The Labute approximate surface area is 179 Å². The second kappa shape index (κ2) is 8.24. The van der Waals surface area contributed by atoms with Gasteiger partial charge in [-0.3, -0.25) is 9.78 Å². The van der Waals surface area contributed by atoms with Gasteiger partial charge in [-0.25, -0.2) is 0 Å². The van der Waals surface area contributed by atoms with E-state index in [1.807, 2.05) is 69.3 Å². The minimum absolute atomic E-state index is 0.0691. The number of hydrogen-bond donors (Lipinski definition) is 0. The van der Waals surface area contributed by atoms with Gasteiger partial charge in [0.15, 0.2) is 0 Å². The van der Waals surface area contributed by atoms with Gasteiger partial charge < -0.3 is 9.32 Å². The molecule has 0 fully saturated rings. The molecule has 0 N–H and O–H groups in total. The molecular weight excluding hydrogens is 400 g/mol. The van der Waals surface area contributed by atoms with Crippen molar-refractivity contribution in [3.63, 3.8) is 0 Å². The number of nitrogens with zero attached hydrogens (tertiary/aromatic N) is 4. The van der Waals surface area contributed by atoms with E-state index >= 15 is 0 Å². The number of rotatable bonds is 5. The van der Waals surface area contributed by atoms with Gasteiger partial charge in [-0.05, 0) is 45.0 Å². The summed E-state index contributed by atoms with van der Waals surface area (Å²) in [5.74, 6) is 0.572. The van der Waals surface area contributed by atoms with Crippen molar-refractivity contribution >= 4 is 28.4 Å². The van der Waals surface area contributed by atoms with E-state index in [1.165, 1.54) is 0 Å². The standard InChI is InChI=1S/C23H21ClN4O2/c1-14(2)28(13-21-26-27-22(30-21)17-9-4-6-10-19(17)24)23(29)18-12-15(3)25-20-11-7-5-8-16(18)20/h4-12,14H,13H2,1-3H3. The third-order valence-corrected chi connectivity index (χ3v) is 5.17. The maximum Gasteiger partial charge on any atom is 0.255 e. The molecule has 0 spiro atoms. The van der Waals surface area contributed by atoms with Crippen molar-refractivity contribution in [3.05, 3.63) is 76.8 Å². The molecule has 2 aromatic carbocycles. The van der Waals surface area contributed by atoms with E-state index in [9.17, 15) is 4.79 Å². The summed E-state index contributed by atoms with van der Waals surface area (Å²) in [4.78, 5) is 19.7. The first kappa shape index (κ1) is 20.0. The van der Waals surface area contributed by atoms with Gasteiger partial charge in [-0.2, -0.15) is 0 Å². The molecule has 0 unspecified atom stereocenters. The number of benzene rings is 2. The van der Waals surface area contributed by atoms with Crippen LogP contribution >= 0.6 is 11.6 Å². The lowest BCUT2D eigenvalue weighted by Crippen LogP contribution is -2.36. The van der Waals surface area contributed by atoms with Gasteiger partial charge in [0, 0.05) is 17.1 Å². The van der Waals surface area contributed by atoms with E-state index in [2.05, 4.69) is 15.2 Å². The Morgan fingerprint density at radius 3 is 2.60 bits per heavy atom. The van der Waals surface area contributed by atoms with Crippen molar-refractivity contribution in [3.8, 4) is 11.5 Å². The SMILES string of the molecule is Cc1cc(C(=O)N(Cc2nnc(-c3ccccc3Cl)o2)C(C)C)c2ccccc2n1. The summed E-state index contributed by atoms with van der Waals surface area (Å²) in [6, 6.07) is 16.7. The Morgan fingerprint density at radius 2 is 1.83 bits per heavy atom. The Morgan fingerprint density at radius 1 is 1.10 bits per heavy atom. The lowest BCUT2D eigenvalue weighted by molar-refractivity contribution is 0.0674. The van der Waals surface area contributed by atoms with Gasteiger partial charge in [0.05, 0.1) is 28.2 Å². The molecule has 0 saturated heterocycles. The smallest absolute Gasteiger partial charge is 0.255 e. The molecule has 0 aliphatic heterocycles. The summed E-state index contributed by atoms with van der Waals surface area (Å²) in [5.41, 5.74) is 2.86. The van der Waals surface area contributed by atoms with Gasteiger partial charge in [0.25, 0.3) is 5.91 Å². The molecule has 0 aliphatic rings. The predicted molar refractivity (Wildman–Crippen MR) is 116 cm³/mol. The normalized spacial score (nSPS) is 11.2. The molecule has 0 aliphatic carbocycles. The van der Waals surface area contributed by atoms with Gasteiger partial charge >= 0.3 is 0 Å². The molecule has 152 valence electrons. The molecule has 0 bridgehead atoms. The van der Waals surface area contributed by atoms with E-state index in [0.717, 1.165) is 16.6 Å². The number of aromatic nitrogens is 3. The minimum atomic E-state index is -0.107. The van der Waals surface area contributed by atoms with Crippen LogP contribution in [-0.4, -0.2) is 32.0 Å². The van der Waals surface area contributed by atoms with E-state index in [0.29, 0.717) is 27.9 Å². The van der Waals surface area contributed by atoms with Crippen LogP contribution in [0.25, 0.3) is 22.4 Å². The molecule has 6 nitrogen and oxygen atoms in total. The molecule has 4 rings (SSSR count). The van der Waals surface area contributed by atoms with Crippen molar-refractivity contribution in [2.24, 2.45) is 0 Å². The number of carbonyl (C=O) groups excluding carboxylic acids is 1. The Hall–Kier alpha value is -3.25. The van der Waals surface area contributed by atoms with Gasteiger partial charge in [-0.1, -0.05) is 41.9 Å². The maximum absolute atomic E-state index is 13.5. The highest BCUT2D eigenvalue weighted by Crippen LogP contribution is 2.27.